The van der Waals surface area contributed by atoms with Gasteiger partial charge in [0, 0.05) is 23.7 Å². The lowest BCUT2D eigenvalue weighted by atomic mass is 10.1. The van der Waals surface area contributed by atoms with E-state index >= 15 is 0 Å². The molecule has 154 valence electrons. The molecule has 0 bridgehead atoms. The number of aromatic nitrogens is 4. The Hall–Kier alpha value is -3.71. The maximum atomic E-state index is 5.48. The van der Waals surface area contributed by atoms with Gasteiger partial charge in [0.1, 0.15) is 11.2 Å². The minimum absolute atomic E-state index is 0.648. The Kier molecular flexibility index (Phi) is 5.09. The van der Waals surface area contributed by atoms with Crippen molar-refractivity contribution in [2.45, 2.75) is 6.54 Å². The van der Waals surface area contributed by atoms with Gasteiger partial charge >= 0.3 is 0 Å². The molecule has 0 amide bonds. The van der Waals surface area contributed by atoms with Gasteiger partial charge in [-0.3, -0.25) is 0 Å². The Labute approximate surface area is 183 Å². The van der Waals surface area contributed by atoms with Crippen molar-refractivity contribution in [2.75, 3.05) is 14.2 Å². The number of hydrogen-bond acceptors (Lipinski definition) is 6. The molecule has 5 aromatic rings. The Morgan fingerprint density at radius 3 is 2.55 bits per heavy atom. The second kappa shape index (κ2) is 8.20. The van der Waals surface area contributed by atoms with Crippen LogP contribution < -0.4 is 9.47 Å². The SMILES string of the molecule is COc1ccc(Cn2cnc(-c3ccccc3)c2-c2cc3cncnc3s2)cc1OC. The van der Waals surface area contributed by atoms with Gasteiger partial charge in [-0.25, -0.2) is 15.0 Å². The molecule has 7 heteroatoms. The quantitative estimate of drug-likeness (QED) is 0.368. The fourth-order valence-corrected chi connectivity index (χ4v) is 4.68. The lowest BCUT2D eigenvalue weighted by molar-refractivity contribution is 0.354. The minimum Gasteiger partial charge on any atom is -0.493 e. The smallest absolute Gasteiger partial charge is 0.161 e. The van der Waals surface area contributed by atoms with E-state index in [-0.39, 0.29) is 0 Å². The third-order valence-corrected chi connectivity index (χ3v) is 6.18. The van der Waals surface area contributed by atoms with E-state index in [9.17, 15) is 0 Å². The molecule has 6 nitrogen and oxygen atoms in total. The molecular weight excluding hydrogens is 408 g/mol. The lowest BCUT2D eigenvalue weighted by Crippen LogP contribution is -2.01. The van der Waals surface area contributed by atoms with Crippen LogP contribution >= 0.6 is 11.3 Å². The lowest BCUT2D eigenvalue weighted by Gasteiger charge is -2.12. The van der Waals surface area contributed by atoms with Crippen molar-refractivity contribution in [2.24, 2.45) is 0 Å². The summed E-state index contributed by atoms with van der Waals surface area (Å²) in [7, 11) is 3.29. The maximum Gasteiger partial charge on any atom is 0.161 e. The minimum atomic E-state index is 0.648. The molecule has 0 atom stereocenters. The molecule has 0 aliphatic rings. The van der Waals surface area contributed by atoms with Crippen LogP contribution in [0.3, 0.4) is 0 Å². The van der Waals surface area contributed by atoms with Crippen LogP contribution in [0.1, 0.15) is 5.56 Å². The summed E-state index contributed by atoms with van der Waals surface area (Å²) in [5.74, 6) is 1.42. The van der Waals surface area contributed by atoms with Crippen molar-refractivity contribution in [1.29, 1.82) is 0 Å². The number of nitrogens with zero attached hydrogens (tertiary/aromatic N) is 4. The van der Waals surface area contributed by atoms with Gasteiger partial charge in [0.05, 0.1) is 36.8 Å². The van der Waals surface area contributed by atoms with Crippen LogP contribution in [0.15, 0.2) is 73.4 Å². The van der Waals surface area contributed by atoms with Crippen LogP contribution in [-0.2, 0) is 6.54 Å². The van der Waals surface area contributed by atoms with Gasteiger partial charge in [-0.2, -0.15) is 0 Å². The number of imidazole rings is 1. The third-order valence-electron chi connectivity index (χ3n) is 5.11. The molecule has 0 fully saturated rings. The number of methoxy groups -OCH3 is 2. The highest BCUT2D eigenvalue weighted by Gasteiger charge is 2.18. The van der Waals surface area contributed by atoms with Crippen molar-refractivity contribution in [3.8, 4) is 33.3 Å². The highest BCUT2D eigenvalue weighted by atomic mass is 32.1. The zero-order chi connectivity index (χ0) is 21.2. The van der Waals surface area contributed by atoms with Crippen LogP contribution in [0.2, 0.25) is 0 Å². The largest absolute Gasteiger partial charge is 0.493 e. The molecule has 0 N–H and O–H groups in total. The zero-order valence-electron chi connectivity index (χ0n) is 17.1. The zero-order valence-corrected chi connectivity index (χ0v) is 18.0. The Bertz CT molecular complexity index is 1310. The van der Waals surface area contributed by atoms with Gasteiger partial charge in [-0.1, -0.05) is 36.4 Å². The molecule has 31 heavy (non-hydrogen) atoms. The maximum absolute atomic E-state index is 5.48. The molecule has 0 spiro atoms. The summed E-state index contributed by atoms with van der Waals surface area (Å²) in [6.45, 7) is 0.648. The van der Waals surface area contributed by atoms with Crippen molar-refractivity contribution in [3.63, 3.8) is 0 Å². The molecule has 0 unspecified atom stereocenters. The van der Waals surface area contributed by atoms with Gasteiger partial charge in [0.15, 0.2) is 11.5 Å². The number of fused-ring (bicyclic) bond motifs is 1. The summed E-state index contributed by atoms with van der Waals surface area (Å²) in [5, 5.41) is 1.03. The summed E-state index contributed by atoms with van der Waals surface area (Å²) in [4.78, 5) is 15.4. The second-order valence-electron chi connectivity index (χ2n) is 7.02. The van der Waals surface area contributed by atoms with Gasteiger partial charge in [0.25, 0.3) is 0 Å². The number of rotatable bonds is 6. The van der Waals surface area contributed by atoms with E-state index < -0.39 is 0 Å². The summed E-state index contributed by atoms with van der Waals surface area (Å²) in [5.41, 5.74) is 4.17. The first-order valence-electron chi connectivity index (χ1n) is 9.78. The van der Waals surface area contributed by atoms with Crippen LogP contribution in [0.4, 0.5) is 0 Å². The first-order valence-corrected chi connectivity index (χ1v) is 10.6. The standard InChI is InChI=1S/C24H20N4O2S/c1-29-19-9-8-16(10-20(19)30-2)13-28-15-27-22(17-6-4-3-5-7-17)23(28)21-11-18-12-25-14-26-24(18)31-21/h3-12,14-15H,13H2,1-2H3. The molecule has 0 saturated carbocycles. The number of ether oxygens (including phenoxy) is 2. The highest BCUT2D eigenvalue weighted by Crippen LogP contribution is 2.38. The van der Waals surface area contributed by atoms with Crippen LogP contribution in [0, 0.1) is 0 Å². The van der Waals surface area contributed by atoms with E-state index in [0.717, 1.165) is 37.6 Å². The Balaban J connectivity index is 1.63. The fourth-order valence-electron chi connectivity index (χ4n) is 3.65. The van der Waals surface area contributed by atoms with Crippen LogP contribution in [-0.4, -0.2) is 33.7 Å². The average molecular weight is 429 g/mol. The average Bonchev–Trinajstić information content (AvgIpc) is 3.43. The molecular formula is C24H20N4O2S. The number of thiophene rings is 1. The number of hydrogen-bond donors (Lipinski definition) is 0. The van der Waals surface area contributed by atoms with E-state index in [1.54, 1.807) is 31.9 Å². The third kappa shape index (κ3) is 3.64. The van der Waals surface area contributed by atoms with Gasteiger partial charge in [-0.05, 0) is 23.8 Å². The first kappa shape index (κ1) is 19.3. The van der Waals surface area contributed by atoms with E-state index in [4.69, 9.17) is 14.5 Å². The van der Waals surface area contributed by atoms with E-state index in [1.807, 2.05) is 48.9 Å². The Morgan fingerprint density at radius 2 is 1.77 bits per heavy atom. The van der Waals surface area contributed by atoms with E-state index in [1.165, 1.54) is 0 Å². The second-order valence-corrected chi connectivity index (χ2v) is 8.05. The van der Waals surface area contributed by atoms with E-state index in [2.05, 4.69) is 32.7 Å². The fraction of sp³-hybridized carbons (Fsp3) is 0.125. The first-order chi connectivity index (χ1) is 15.3. The molecule has 5 rings (SSSR count). The summed E-state index contributed by atoms with van der Waals surface area (Å²) in [6, 6.07) is 18.3. The van der Waals surface area contributed by atoms with Gasteiger partial charge in [0.2, 0.25) is 0 Å². The predicted octanol–water partition coefficient (Wildman–Crippen LogP) is 5.29. The van der Waals surface area contributed by atoms with Crippen molar-refractivity contribution >= 4 is 21.6 Å². The highest BCUT2D eigenvalue weighted by molar-refractivity contribution is 7.21. The molecule has 0 saturated heterocycles. The summed E-state index contributed by atoms with van der Waals surface area (Å²) < 4.78 is 13.0. The van der Waals surface area contributed by atoms with Crippen LogP contribution in [0.25, 0.3) is 32.0 Å². The molecule has 3 heterocycles. The van der Waals surface area contributed by atoms with Crippen molar-refractivity contribution in [3.05, 3.63) is 79.0 Å². The normalized spacial score (nSPS) is 11.0. The predicted molar refractivity (Wildman–Crippen MR) is 123 cm³/mol. The molecule has 0 aliphatic carbocycles. The summed E-state index contributed by atoms with van der Waals surface area (Å²) >= 11 is 1.65. The van der Waals surface area contributed by atoms with E-state index in [0.29, 0.717) is 18.0 Å². The van der Waals surface area contributed by atoms with Gasteiger partial charge < -0.3 is 14.0 Å². The van der Waals surface area contributed by atoms with Crippen LogP contribution in [0.5, 0.6) is 11.5 Å². The Morgan fingerprint density at radius 1 is 0.935 bits per heavy atom. The summed E-state index contributed by atoms with van der Waals surface area (Å²) in [6.07, 6.45) is 5.33. The monoisotopic (exact) mass is 428 g/mol. The van der Waals surface area contributed by atoms with Crippen molar-refractivity contribution < 1.29 is 9.47 Å². The number of benzene rings is 2. The topological polar surface area (TPSA) is 62.1 Å². The molecule has 2 aromatic carbocycles. The molecule has 0 radical (unpaired) electrons. The van der Waals surface area contributed by atoms with Gasteiger partial charge in [-0.15, -0.1) is 11.3 Å². The molecule has 3 aromatic heterocycles. The van der Waals surface area contributed by atoms with Crippen molar-refractivity contribution in [1.82, 2.24) is 19.5 Å². The molecule has 0 aliphatic heterocycles.